The van der Waals surface area contributed by atoms with Crippen LogP contribution in [-0.4, -0.2) is 28.4 Å². The van der Waals surface area contributed by atoms with Crippen molar-refractivity contribution in [1.29, 1.82) is 0 Å². The lowest BCUT2D eigenvalue weighted by Gasteiger charge is -2.19. The van der Waals surface area contributed by atoms with Crippen LogP contribution in [0.3, 0.4) is 0 Å². The van der Waals surface area contributed by atoms with Crippen LogP contribution in [0.1, 0.15) is 5.56 Å². The van der Waals surface area contributed by atoms with Gasteiger partial charge < -0.3 is 18.9 Å². The Labute approximate surface area is 158 Å². The predicted octanol–water partition coefficient (Wildman–Crippen LogP) is 5.49. The van der Waals surface area contributed by atoms with E-state index >= 15 is 0 Å². The zero-order chi connectivity index (χ0) is 19.1. The van der Waals surface area contributed by atoms with Gasteiger partial charge in [-0.2, -0.15) is 0 Å². The number of fused-ring (bicyclic) bond motifs is 4. The second kappa shape index (κ2) is 6.54. The standard InChI is InChI=1S/C23H22O4/c1-13-11-14-9-10-16-21(19(14)18(12-13)25-3)23(27-5)15-7-6-8-17(24-2)20(15)22(16)26-4/h6-12H,1-5H3. The van der Waals surface area contributed by atoms with Gasteiger partial charge in [-0.1, -0.05) is 24.3 Å². The molecule has 4 aromatic rings. The largest absolute Gasteiger partial charge is 0.496 e. The minimum atomic E-state index is 0.750. The second-order valence-electron chi connectivity index (χ2n) is 6.50. The Bertz CT molecular complexity index is 1180. The van der Waals surface area contributed by atoms with Crippen LogP contribution >= 0.6 is 0 Å². The summed E-state index contributed by atoms with van der Waals surface area (Å²) in [5.41, 5.74) is 1.15. The highest BCUT2D eigenvalue weighted by molar-refractivity contribution is 6.22. The fourth-order valence-electron chi connectivity index (χ4n) is 3.97. The van der Waals surface area contributed by atoms with Gasteiger partial charge in [0.05, 0.1) is 33.8 Å². The third kappa shape index (κ3) is 2.44. The van der Waals surface area contributed by atoms with Crippen LogP contribution < -0.4 is 18.9 Å². The van der Waals surface area contributed by atoms with E-state index in [1.807, 2.05) is 24.3 Å². The van der Waals surface area contributed by atoms with Crippen LogP contribution in [0.4, 0.5) is 0 Å². The molecule has 4 aromatic carbocycles. The molecular formula is C23H22O4. The first-order chi connectivity index (χ1) is 13.1. The topological polar surface area (TPSA) is 36.9 Å². The van der Waals surface area contributed by atoms with Crippen LogP contribution in [0.25, 0.3) is 32.3 Å². The Balaban J connectivity index is 2.36. The fraction of sp³-hybridized carbons (Fsp3) is 0.217. The summed E-state index contributed by atoms with van der Waals surface area (Å²) < 4.78 is 23.1. The summed E-state index contributed by atoms with van der Waals surface area (Å²) >= 11 is 0. The first-order valence-electron chi connectivity index (χ1n) is 8.76. The average molecular weight is 362 g/mol. The van der Waals surface area contributed by atoms with Gasteiger partial charge in [0, 0.05) is 21.5 Å². The van der Waals surface area contributed by atoms with Crippen LogP contribution in [-0.2, 0) is 0 Å². The van der Waals surface area contributed by atoms with Crippen molar-refractivity contribution in [3.63, 3.8) is 0 Å². The van der Waals surface area contributed by atoms with Crippen LogP contribution in [0.15, 0.2) is 42.5 Å². The van der Waals surface area contributed by atoms with Crippen molar-refractivity contribution in [3.05, 3.63) is 48.0 Å². The monoisotopic (exact) mass is 362 g/mol. The zero-order valence-corrected chi connectivity index (χ0v) is 16.2. The fourth-order valence-corrected chi connectivity index (χ4v) is 3.97. The summed E-state index contributed by atoms with van der Waals surface area (Å²) in [6.45, 7) is 2.06. The molecule has 0 heterocycles. The van der Waals surface area contributed by atoms with Crippen molar-refractivity contribution < 1.29 is 18.9 Å². The maximum atomic E-state index is 5.91. The molecule has 0 aliphatic rings. The molecule has 0 amide bonds. The highest BCUT2D eigenvalue weighted by Crippen LogP contribution is 2.49. The molecule has 0 bridgehead atoms. The van der Waals surface area contributed by atoms with Crippen molar-refractivity contribution in [3.8, 4) is 23.0 Å². The van der Waals surface area contributed by atoms with E-state index in [0.29, 0.717) is 0 Å². The predicted molar refractivity (Wildman–Crippen MR) is 110 cm³/mol. The Kier molecular flexibility index (Phi) is 4.19. The van der Waals surface area contributed by atoms with E-state index in [4.69, 9.17) is 18.9 Å². The van der Waals surface area contributed by atoms with Gasteiger partial charge in [0.2, 0.25) is 0 Å². The van der Waals surface area contributed by atoms with Gasteiger partial charge in [0.25, 0.3) is 0 Å². The minimum Gasteiger partial charge on any atom is -0.496 e. The Morgan fingerprint density at radius 3 is 1.93 bits per heavy atom. The normalized spacial score (nSPS) is 11.1. The van der Waals surface area contributed by atoms with Crippen LogP contribution in [0, 0.1) is 6.92 Å². The van der Waals surface area contributed by atoms with Gasteiger partial charge in [-0.15, -0.1) is 0 Å². The maximum Gasteiger partial charge on any atom is 0.138 e. The molecule has 0 radical (unpaired) electrons. The molecule has 0 N–H and O–H groups in total. The molecule has 0 fully saturated rings. The molecule has 0 spiro atoms. The lowest BCUT2D eigenvalue weighted by molar-refractivity contribution is 0.404. The Morgan fingerprint density at radius 2 is 1.26 bits per heavy atom. The Morgan fingerprint density at radius 1 is 0.593 bits per heavy atom. The van der Waals surface area contributed by atoms with E-state index in [-0.39, 0.29) is 0 Å². The van der Waals surface area contributed by atoms with Gasteiger partial charge in [-0.25, -0.2) is 0 Å². The number of rotatable bonds is 4. The molecule has 138 valence electrons. The van der Waals surface area contributed by atoms with Crippen molar-refractivity contribution in [1.82, 2.24) is 0 Å². The summed E-state index contributed by atoms with van der Waals surface area (Å²) in [6, 6.07) is 14.3. The van der Waals surface area contributed by atoms with Gasteiger partial charge in [0.15, 0.2) is 0 Å². The van der Waals surface area contributed by atoms with Crippen LogP contribution in [0.2, 0.25) is 0 Å². The lowest BCUT2D eigenvalue weighted by Crippen LogP contribution is -1.97. The highest BCUT2D eigenvalue weighted by atomic mass is 16.5. The van der Waals surface area contributed by atoms with E-state index in [9.17, 15) is 0 Å². The number of methoxy groups -OCH3 is 4. The second-order valence-corrected chi connectivity index (χ2v) is 6.50. The molecule has 0 saturated carbocycles. The maximum absolute atomic E-state index is 5.91. The summed E-state index contributed by atoms with van der Waals surface area (Å²) in [6.07, 6.45) is 0. The molecule has 0 aliphatic heterocycles. The number of aryl methyl sites for hydroxylation is 1. The van der Waals surface area contributed by atoms with E-state index in [0.717, 1.165) is 60.9 Å². The van der Waals surface area contributed by atoms with Crippen molar-refractivity contribution in [2.75, 3.05) is 28.4 Å². The van der Waals surface area contributed by atoms with E-state index in [1.165, 1.54) is 0 Å². The van der Waals surface area contributed by atoms with E-state index < -0.39 is 0 Å². The molecule has 0 aliphatic carbocycles. The Hall–Kier alpha value is -3.14. The molecule has 4 nitrogen and oxygen atoms in total. The van der Waals surface area contributed by atoms with Gasteiger partial charge in [-0.05, 0) is 36.1 Å². The molecule has 27 heavy (non-hydrogen) atoms. The van der Waals surface area contributed by atoms with E-state index in [2.05, 4.69) is 25.1 Å². The number of hydrogen-bond donors (Lipinski definition) is 0. The van der Waals surface area contributed by atoms with Gasteiger partial charge in [0.1, 0.15) is 23.0 Å². The third-order valence-electron chi connectivity index (χ3n) is 5.04. The highest BCUT2D eigenvalue weighted by Gasteiger charge is 2.21. The van der Waals surface area contributed by atoms with Gasteiger partial charge >= 0.3 is 0 Å². The molecule has 0 saturated heterocycles. The number of benzene rings is 4. The number of ether oxygens (including phenoxy) is 4. The van der Waals surface area contributed by atoms with E-state index in [1.54, 1.807) is 28.4 Å². The lowest BCUT2D eigenvalue weighted by atomic mass is 9.94. The SMILES string of the molecule is COc1cccc2c(OC)c3c(ccc4cc(C)cc(OC)c43)c(OC)c12. The summed E-state index contributed by atoms with van der Waals surface area (Å²) in [5.74, 6) is 3.12. The molecule has 0 aromatic heterocycles. The molecule has 4 heteroatoms. The molecule has 0 atom stereocenters. The summed E-state index contributed by atoms with van der Waals surface area (Å²) in [7, 11) is 6.74. The average Bonchev–Trinajstić information content (AvgIpc) is 2.70. The van der Waals surface area contributed by atoms with Crippen molar-refractivity contribution in [2.45, 2.75) is 6.92 Å². The van der Waals surface area contributed by atoms with Crippen molar-refractivity contribution in [2.24, 2.45) is 0 Å². The van der Waals surface area contributed by atoms with Crippen LogP contribution in [0.5, 0.6) is 23.0 Å². The van der Waals surface area contributed by atoms with Gasteiger partial charge in [-0.3, -0.25) is 0 Å². The molecule has 4 rings (SSSR count). The minimum absolute atomic E-state index is 0.750. The molecular weight excluding hydrogens is 340 g/mol. The smallest absolute Gasteiger partial charge is 0.138 e. The quantitative estimate of drug-likeness (QED) is 0.355. The molecule has 0 unspecified atom stereocenters. The first-order valence-corrected chi connectivity index (χ1v) is 8.76. The summed E-state index contributed by atoms with van der Waals surface area (Å²) in [5, 5.41) is 5.89. The first kappa shape index (κ1) is 17.3. The summed E-state index contributed by atoms with van der Waals surface area (Å²) in [4.78, 5) is 0. The van der Waals surface area contributed by atoms with Crippen molar-refractivity contribution >= 4 is 32.3 Å². The zero-order valence-electron chi connectivity index (χ0n) is 16.2. The third-order valence-corrected chi connectivity index (χ3v) is 5.04. The number of hydrogen-bond acceptors (Lipinski definition) is 4.